The van der Waals surface area contributed by atoms with E-state index in [2.05, 4.69) is 20.8 Å². The molecule has 1 N–H and O–H groups in total. The van der Waals surface area contributed by atoms with Crippen LogP contribution in [0.1, 0.15) is 52.0 Å². The highest BCUT2D eigenvalue weighted by atomic mass is 16.4. The van der Waals surface area contributed by atoms with Gasteiger partial charge in [0.25, 0.3) is 0 Å². The van der Waals surface area contributed by atoms with Crippen LogP contribution >= 0.6 is 0 Å². The van der Waals surface area contributed by atoms with Crippen molar-refractivity contribution >= 4 is 11.9 Å². The van der Waals surface area contributed by atoms with E-state index in [0.717, 1.165) is 12.0 Å². The smallest absolute Gasteiger partial charge is 0.314 e. The fourth-order valence-corrected chi connectivity index (χ4v) is 3.16. The molecule has 0 atom stereocenters. The molecule has 4 nitrogen and oxygen atoms in total. The number of nitrogens with zero attached hydrogens (tertiary/aromatic N) is 1. The zero-order chi connectivity index (χ0) is 17.1. The fraction of sp³-hybridized carbons (Fsp3) is 0.579. The maximum Gasteiger partial charge on any atom is 0.314 e. The summed E-state index contributed by atoms with van der Waals surface area (Å²) in [6, 6.07) is 9.41. The molecular formula is C19H27NO3. The predicted octanol–water partition coefficient (Wildman–Crippen LogP) is 3.46. The number of piperidine rings is 1. The Morgan fingerprint density at radius 1 is 1.13 bits per heavy atom. The first-order valence-electron chi connectivity index (χ1n) is 8.31. The van der Waals surface area contributed by atoms with Crippen LogP contribution in [0.2, 0.25) is 0 Å². The zero-order valence-electron chi connectivity index (χ0n) is 14.3. The second kappa shape index (κ2) is 6.73. The number of carbonyl (C=O) groups is 2. The van der Waals surface area contributed by atoms with Crippen molar-refractivity contribution in [2.45, 2.75) is 51.9 Å². The molecule has 0 saturated carbocycles. The molecule has 0 aliphatic carbocycles. The van der Waals surface area contributed by atoms with Crippen LogP contribution in [-0.4, -0.2) is 35.0 Å². The highest BCUT2D eigenvalue weighted by Gasteiger charge is 2.43. The number of likely N-dealkylation sites (tertiary alicyclic amines) is 1. The molecule has 2 rings (SSSR count). The van der Waals surface area contributed by atoms with Crippen molar-refractivity contribution in [3.8, 4) is 0 Å². The summed E-state index contributed by atoms with van der Waals surface area (Å²) in [5, 5.41) is 9.77. The summed E-state index contributed by atoms with van der Waals surface area (Å²) in [7, 11) is 0. The molecule has 0 unspecified atom stereocenters. The second-order valence-electron chi connectivity index (χ2n) is 7.69. The van der Waals surface area contributed by atoms with Gasteiger partial charge in [-0.25, -0.2) is 0 Å². The Morgan fingerprint density at radius 3 is 2.17 bits per heavy atom. The van der Waals surface area contributed by atoms with Crippen LogP contribution in [0.4, 0.5) is 0 Å². The summed E-state index contributed by atoms with van der Waals surface area (Å²) >= 11 is 0. The number of carbonyl (C=O) groups excluding carboxylic acids is 1. The molecule has 1 aromatic carbocycles. The first-order valence-corrected chi connectivity index (χ1v) is 8.31. The molecule has 1 heterocycles. The van der Waals surface area contributed by atoms with Gasteiger partial charge in [-0.05, 0) is 30.2 Å². The third-order valence-electron chi connectivity index (χ3n) is 4.79. The molecule has 1 aliphatic rings. The van der Waals surface area contributed by atoms with Gasteiger partial charge in [-0.2, -0.15) is 0 Å². The highest BCUT2D eigenvalue weighted by Crippen LogP contribution is 2.36. The van der Waals surface area contributed by atoms with Crippen molar-refractivity contribution in [2.75, 3.05) is 13.1 Å². The number of benzene rings is 1. The minimum absolute atomic E-state index is 0.139. The molecule has 0 aromatic heterocycles. The van der Waals surface area contributed by atoms with Crippen LogP contribution in [0.3, 0.4) is 0 Å². The fourth-order valence-electron chi connectivity index (χ4n) is 3.16. The van der Waals surface area contributed by atoms with Crippen LogP contribution in [0.15, 0.2) is 30.3 Å². The lowest BCUT2D eigenvalue weighted by atomic mass is 9.72. The van der Waals surface area contributed by atoms with E-state index >= 15 is 0 Å². The number of carboxylic acid groups (broad SMARTS) is 1. The van der Waals surface area contributed by atoms with Gasteiger partial charge in [0.1, 0.15) is 0 Å². The number of hydrogen-bond acceptors (Lipinski definition) is 2. The van der Waals surface area contributed by atoms with E-state index in [1.165, 1.54) is 0 Å². The van der Waals surface area contributed by atoms with Crippen LogP contribution in [0.5, 0.6) is 0 Å². The topological polar surface area (TPSA) is 57.6 Å². The molecule has 1 aromatic rings. The molecule has 1 saturated heterocycles. The minimum atomic E-state index is -0.859. The SMILES string of the molecule is CC(C)(C)CCC(=O)N1CCC(C(=O)O)(c2ccccc2)CC1. The van der Waals surface area contributed by atoms with Crippen molar-refractivity contribution in [1.82, 2.24) is 4.90 Å². The molecule has 0 spiro atoms. The Balaban J connectivity index is 2.03. The quantitative estimate of drug-likeness (QED) is 0.925. The van der Waals surface area contributed by atoms with E-state index in [4.69, 9.17) is 0 Å². The average Bonchev–Trinajstić information content (AvgIpc) is 2.52. The van der Waals surface area contributed by atoms with Gasteiger partial charge in [0, 0.05) is 19.5 Å². The normalized spacial score (nSPS) is 17.8. The lowest BCUT2D eigenvalue weighted by Crippen LogP contribution is -2.49. The minimum Gasteiger partial charge on any atom is -0.481 e. The first-order chi connectivity index (χ1) is 10.7. The molecule has 0 radical (unpaired) electrons. The summed E-state index contributed by atoms with van der Waals surface area (Å²) in [5.74, 6) is -0.641. The van der Waals surface area contributed by atoms with Crippen LogP contribution in [0, 0.1) is 5.41 Å². The Morgan fingerprint density at radius 2 is 1.70 bits per heavy atom. The Bertz CT molecular complexity index is 552. The summed E-state index contributed by atoms with van der Waals surface area (Å²) in [5.41, 5.74) is 0.122. The number of aliphatic carboxylic acids is 1. The molecule has 1 amide bonds. The van der Waals surface area contributed by atoms with Crippen LogP contribution in [-0.2, 0) is 15.0 Å². The number of hydrogen-bond donors (Lipinski definition) is 1. The maximum absolute atomic E-state index is 12.3. The largest absolute Gasteiger partial charge is 0.481 e. The molecular weight excluding hydrogens is 290 g/mol. The van der Waals surface area contributed by atoms with Crippen LogP contribution < -0.4 is 0 Å². The summed E-state index contributed by atoms with van der Waals surface area (Å²) in [6.45, 7) is 7.42. The van der Waals surface area contributed by atoms with Gasteiger partial charge in [0.15, 0.2) is 0 Å². The molecule has 1 aliphatic heterocycles. The highest BCUT2D eigenvalue weighted by molar-refractivity contribution is 5.82. The number of amides is 1. The van der Waals surface area contributed by atoms with Gasteiger partial charge < -0.3 is 10.0 Å². The van der Waals surface area contributed by atoms with Crippen molar-refractivity contribution < 1.29 is 14.7 Å². The van der Waals surface area contributed by atoms with E-state index in [-0.39, 0.29) is 11.3 Å². The molecule has 1 fully saturated rings. The number of rotatable bonds is 4. The van der Waals surface area contributed by atoms with Gasteiger partial charge in [-0.3, -0.25) is 9.59 Å². The molecule has 126 valence electrons. The average molecular weight is 317 g/mol. The van der Waals surface area contributed by atoms with Gasteiger partial charge in [-0.1, -0.05) is 51.1 Å². The van der Waals surface area contributed by atoms with E-state index in [0.29, 0.717) is 32.4 Å². The Kier molecular flexibility index (Phi) is 5.12. The van der Waals surface area contributed by atoms with Crippen molar-refractivity contribution in [1.29, 1.82) is 0 Å². The van der Waals surface area contributed by atoms with E-state index < -0.39 is 11.4 Å². The molecule has 0 bridgehead atoms. The zero-order valence-corrected chi connectivity index (χ0v) is 14.3. The van der Waals surface area contributed by atoms with Gasteiger partial charge in [-0.15, -0.1) is 0 Å². The Hall–Kier alpha value is -1.84. The lowest BCUT2D eigenvalue weighted by molar-refractivity contribution is -0.148. The van der Waals surface area contributed by atoms with E-state index in [9.17, 15) is 14.7 Å². The summed E-state index contributed by atoms with van der Waals surface area (Å²) in [6.07, 6.45) is 2.35. The first kappa shape index (κ1) is 17.5. The van der Waals surface area contributed by atoms with Crippen molar-refractivity contribution in [2.24, 2.45) is 5.41 Å². The molecule has 23 heavy (non-hydrogen) atoms. The lowest BCUT2D eigenvalue weighted by Gasteiger charge is -2.39. The van der Waals surface area contributed by atoms with Gasteiger partial charge in [0.2, 0.25) is 5.91 Å². The van der Waals surface area contributed by atoms with E-state index in [1.54, 1.807) is 0 Å². The maximum atomic E-state index is 12.3. The summed E-state index contributed by atoms with van der Waals surface area (Å²) < 4.78 is 0. The third-order valence-corrected chi connectivity index (χ3v) is 4.79. The van der Waals surface area contributed by atoms with Crippen LogP contribution in [0.25, 0.3) is 0 Å². The number of carboxylic acids is 1. The third kappa shape index (κ3) is 4.12. The predicted molar refractivity (Wildman–Crippen MR) is 90.3 cm³/mol. The second-order valence-corrected chi connectivity index (χ2v) is 7.69. The molecule has 4 heteroatoms. The monoisotopic (exact) mass is 317 g/mol. The summed E-state index contributed by atoms with van der Waals surface area (Å²) in [4.78, 5) is 26.1. The van der Waals surface area contributed by atoms with E-state index in [1.807, 2.05) is 35.2 Å². The van der Waals surface area contributed by atoms with Crippen molar-refractivity contribution in [3.63, 3.8) is 0 Å². The van der Waals surface area contributed by atoms with Gasteiger partial charge >= 0.3 is 5.97 Å². The standard InChI is InChI=1S/C19H27NO3/c1-18(2,3)10-9-16(21)20-13-11-19(12-14-20,17(22)23)15-7-5-4-6-8-15/h4-8H,9-14H2,1-3H3,(H,22,23). The Labute approximate surface area is 138 Å². The van der Waals surface area contributed by atoms with Gasteiger partial charge in [0.05, 0.1) is 5.41 Å². The van der Waals surface area contributed by atoms with Crippen molar-refractivity contribution in [3.05, 3.63) is 35.9 Å².